The fraction of sp³-hybridized carbons (Fsp3) is 0.650. The Morgan fingerprint density at radius 3 is 2.36 bits per heavy atom. The summed E-state index contributed by atoms with van der Waals surface area (Å²) in [5.74, 6) is 0.108. The zero-order valence-corrected chi connectivity index (χ0v) is 14.8. The van der Waals surface area contributed by atoms with Crippen LogP contribution < -0.4 is 5.73 Å². The van der Waals surface area contributed by atoms with Crippen LogP contribution >= 0.6 is 0 Å². The first-order chi connectivity index (χ1) is 12.0. The summed E-state index contributed by atoms with van der Waals surface area (Å²) in [6.07, 6.45) is 6.78. The third-order valence-electron chi connectivity index (χ3n) is 5.96. The van der Waals surface area contributed by atoms with E-state index in [4.69, 9.17) is 5.73 Å². The maximum Gasteiger partial charge on any atom is 0.194 e. The summed E-state index contributed by atoms with van der Waals surface area (Å²) in [6.45, 7) is 2.49. The maximum atomic E-state index is 13.0. The van der Waals surface area contributed by atoms with Gasteiger partial charge in [-0.1, -0.05) is 0 Å². The van der Waals surface area contributed by atoms with Gasteiger partial charge >= 0.3 is 0 Å². The van der Waals surface area contributed by atoms with Gasteiger partial charge < -0.3 is 15.7 Å². The number of rotatable bonds is 5. The van der Waals surface area contributed by atoms with E-state index in [9.17, 15) is 14.3 Å². The standard InChI is InChI=1S/C20H29FN2O2/c21-17-5-3-16(4-6-17)19(24)20(25)10-13-23(14-11-20)12-9-15-1-7-18(22)8-2-15/h3-6,15,18,25H,1-2,7-14,22H2/t15-,18-. The second kappa shape index (κ2) is 7.94. The quantitative estimate of drug-likeness (QED) is 0.803. The number of likely N-dealkylation sites (tertiary alicyclic amines) is 1. The number of Topliss-reactive ketones (excluding diaryl/α,β-unsaturated/α-hetero) is 1. The molecule has 0 amide bonds. The van der Waals surface area contributed by atoms with Gasteiger partial charge in [-0.05, 0) is 81.7 Å². The topological polar surface area (TPSA) is 66.6 Å². The number of carbonyl (C=O) groups excluding carboxylic acids is 1. The summed E-state index contributed by atoms with van der Waals surface area (Å²) in [7, 11) is 0. The number of aliphatic hydroxyl groups is 1. The van der Waals surface area contributed by atoms with Crippen LogP contribution in [0.2, 0.25) is 0 Å². The lowest BCUT2D eigenvalue weighted by atomic mass is 9.82. The predicted octanol–water partition coefficient (Wildman–Crippen LogP) is 2.74. The predicted molar refractivity (Wildman–Crippen MR) is 95.9 cm³/mol. The molecule has 0 radical (unpaired) electrons. The number of ketones is 1. The van der Waals surface area contributed by atoms with Crippen LogP contribution in [0, 0.1) is 11.7 Å². The Balaban J connectivity index is 1.47. The highest BCUT2D eigenvalue weighted by Gasteiger charge is 2.39. The van der Waals surface area contributed by atoms with Crippen LogP contribution in [-0.4, -0.2) is 47.1 Å². The summed E-state index contributed by atoms with van der Waals surface area (Å²) < 4.78 is 13.0. The fourth-order valence-electron chi connectivity index (χ4n) is 4.09. The first-order valence-corrected chi connectivity index (χ1v) is 9.47. The van der Waals surface area contributed by atoms with E-state index >= 15 is 0 Å². The molecule has 3 rings (SSSR count). The Kier molecular flexibility index (Phi) is 5.87. The van der Waals surface area contributed by atoms with Crippen LogP contribution in [0.4, 0.5) is 4.39 Å². The molecule has 5 heteroatoms. The molecule has 1 aliphatic heterocycles. The lowest BCUT2D eigenvalue weighted by molar-refractivity contribution is -0.00736. The van der Waals surface area contributed by atoms with Crippen molar-refractivity contribution in [2.24, 2.45) is 11.7 Å². The summed E-state index contributed by atoms with van der Waals surface area (Å²) >= 11 is 0. The van der Waals surface area contributed by atoms with Gasteiger partial charge in [-0.3, -0.25) is 4.79 Å². The van der Waals surface area contributed by atoms with Gasteiger partial charge in [0.05, 0.1) is 0 Å². The van der Waals surface area contributed by atoms with E-state index in [1.54, 1.807) is 0 Å². The molecule has 0 atom stereocenters. The second-order valence-corrected chi connectivity index (χ2v) is 7.78. The third kappa shape index (κ3) is 4.66. The van der Waals surface area contributed by atoms with Crippen molar-refractivity contribution in [1.82, 2.24) is 4.90 Å². The van der Waals surface area contributed by atoms with E-state index in [0.717, 1.165) is 38.4 Å². The molecule has 1 aromatic carbocycles. The van der Waals surface area contributed by atoms with Crippen molar-refractivity contribution in [2.75, 3.05) is 19.6 Å². The Morgan fingerprint density at radius 1 is 1.16 bits per heavy atom. The smallest absolute Gasteiger partial charge is 0.194 e. The summed E-state index contributed by atoms with van der Waals surface area (Å²) in [4.78, 5) is 14.9. The highest BCUT2D eigenvalue weighted by Crippen LogP contribution is 2.29. The number of carbonyl (C=O) groups is 1. The van der Waals surface area contributed by atoms with Crippen molar-refractivity contribution in [3.63, 3.8) is 0 Å². The molecule has 1 aromatic rings. The van der Waals surface area contributed by atoms with Gasteiger partial charge in [-0.2, -0.15) is 0 Å². The molecule has 0 bridgehead atoms. The van der Waals surface area contributed by atoms with Crippen LogP contribution in [0.1, 0.15) is 55.3 Å². The molecular formula is C20H29FN2O2. The number of nitrogens with two attached hydrogens (primary N) is 1. The normalized spacial score (nSPS) is 27.2. The van der Waals surface area contributed by atoms with Gasteiger partial charge in [0.1, 0.15) is 11.4 Å². The van der Waals surface area contributed by atoms with Crippen molar-refractivity contribution < 1.29 is 14.3 Å². The Bertz CT molecular complexity index is 574. The van der Waals surface area contributed by atoms with E-state index < -0.39 is 5.60 Å². The minimum absolute atomic E-state index is 0.284. The number of hydrogen-bond acceptors (Lipinski definition) is 4. The molecule has 3 N–H and O–H groups in total. The molecule has 1 saturated carbocycles. The lowest BCUT2D eigenvalue weighted by Gasteiger charge is -2.38. The molecule has 1 aliphatic carbocycles. The largest absolute Gasteiger partial charge is 0.382 e. The molecule has 0 spiro atoms. The van der Waals surface area contributed by atoms with E-state index in [-0.39, 0.29) is 11.6 Å². The monoisotopic (exact) mass is 348 g/mol. The number of nitrogens with zero attached hydrogens (tertiary/aromatic N) is 1. The molecular weight excluding hydrogens is 319 g/mol. The minimum atomic E-state index is -1.31. The van der Waals surface area contributed by atoms with E-state index in [2.05, 4.69) is 4.90 Å². The van der Waals surface area contributed by atoms with Crippen molar-refractivity contribution in [3.8, 4) is 0 Å². The number of piperidine rings is 1. The van der Waals surface area contributed by atoms with Crippen molar-refractivity contribution in [2.45, 2.75) is 56.6 Å². The average molecular weight is 348 g/mol. The number of hydrogen-bond donors (Lipinski definition) is 2. The van der Waals surface area contributed by atoms with Gasteiger partial charge in [0.15, 0.2) is 5.78 Å². The van der Waals surface area contributed by atoms with E-state index in [1.807, 2.05) is 0 Å². The van der Waals surface area contributed by atoms with Crippen molar-refractivity contribution in [1.29, 1.82) is 0 Å². The molecule has 0 aromatic heterocycles. The van der Waals surface area contributed by atoms with Gasteiger partial charge in [-0.15, -0.1) is 0 Å². The number of benzene rings is 1. The van der Waals surface area contributed by atoms with Gasteiger partial charge in [0.25, 0.3) is 0 Å². The molecule has 1 saturated heterocycles. The third-order valence-corrected chi connectivity index (χ3v) is 5.96. The molecule has 25 heavy (non-hydrogen) atoms. The molecule has 2 aliphatic rings. The Morgan fingerprint density at radius 2 is 1.76 bits per heavy atom. The molecule has 0 unspecified atom stereocenters. The van der Waals surface area contributed by atoms with E-state index in [1.165, 1.54) is 43.5 Å². The Hall–Kier alpha value is -1.30. The minimum Gasteiger partial charge on any atom is -0.382 e. The summed E-state index contributed by atoms with van der Waals surface area (Å²) in [5, 5.41) is 10.7. The zero-order chi connectivity index (χ0) is 17.9. The van der Waals surface area contributed by atoms with Crippen LogP contribution in [0.25, 0.3) is 0 Å². The first kappa shape index (κ1) is 18.5. The van der Waals surface area contributed by atoms with Gasteiger partial charge in [0, 0.05) is 24.7 Å². The van der Waals surface area contributed by atoms with E-state index in [0.29, 0.717) is 24.4 Å². The summed E-state index contributed by atoms with van der Waals surface area (Å²) in [5.41, 5.74) is 5.03. The second-order valence-electron chi connectivity index (χ2n) is 7.78. The molecule has 2 fully saturated rings. The summed E-state index contributed by atoms with van der Waals surface area (Å²) in [6, 6.07) is 5.83. The Labute approximate surface area is 149 Å². The highest BCUT2D eigenvalue weighted by atomic mass is 19.1. The molecule has 138 valence electrons. The van der Waals surface area contributed by atoms with Crippen LogP contribution in [-0.2, 0) is 0 Å². The zero-order valence-electron chi connectivity index (χ0n) is 14.8. The average Bonchev–Trinajstić information content (AvgIpc) is 2.63. The SMILES string of the molecule is N[C@H]1CC[C@H](CCN2CCC(O)(C(=O)c3ccc(F)cc3)CC2)CC1. The van der Waals surface area contributed by atoms with Crippen molar-refractivity contribution >= 4 is 5.78 Å². The van der Waals surface area contributed by atoms with Gasteiger partial charge in [0.2, 0.25) is 0 Å². The first-order valence-electron chi connectivity index (χ1n) is 9.47. The number of halogens is 1. The fourth-order valence-corrected chi connectivity index (χ4v) is 4.09. The van der Waals surface area contributed by atoms with Crippen LogP contribution in [0.5, 0.6) is 0 Å². The highest BCUT2D eigenvalue weighted by molar-refractivity contribution is 6.02. The maximum absolute atomic E-state index is 13.0. The van der Waals surface area contributed by atoms with Gasteiger partial charge in [-0.25, -0.2) is 4.39 Å². The van der Waals surface area contributed by atoms with Crippen LogP contribution in [0.15, 0.2) is 24.3 Å². The lowest BCUT2D eigenvalue weighted by Crippen LogP contribution is -2.49. The van der Waals surface area contributed by atoms with Crippen LogP contribution in [0.3, 0.4) is 0 Å². The molecule has 4 nitrogen and oxygen atoms in total. The van der Waals surface area contributed by atoms with Crippen molar-refractivity contribution in [3.05, 3.63) is 35.6 Å². The molecule has 1 heterocycles.